The molecule has 8 heteroatoms. The molecule has 1 amide bonds. The van der Waals surface area contributed by atoms with Gasteiger partial charge in [0.25, 0.3) is 5.91 Å². The van der Waals surface area contributed by atoms with E-state index in [1.54, 1.807) is 24.7 Å². The minimum atomic E-state index is -0.156. The molecule has 126 valence electrons. The van der Waals surface area contributed by atoms with Crippen molar-refractivity contribution in [2.24, 2.45) is 0 Å². The zero-order valence-electron chi connectivity index (χ0n) is 13.7. The molecule has 1 saturated heterocycles. The summed E-state index contributed by atoms with van der Waals surface area (Å²) < 4.78 is 0. The first-order chi connectivity index (χ1) is 11.8. The molecule has 0 aromatic carbocycles. The van der Waals surface area contributed by atoms with Crippen LogP contribution in [0.1, 0.15) is 23.8 Å². The van der Waals surface area contributed by atoms with Crippen LogP contribution in [0.25, 0.3) is 0 Å². The van der Waals surface area contributed by atoms with Gasteiger partial charge in [-0.2, -0.15) is 0 Å². The van der Waals surface area contributed by atoms with Crippen LogP contribution in [0.5, 0.6) is 0 Å². The highest BCUT2D eigenvalue weighted by molar-refractivity contribution is 5.92. The van der Waals surface area contributed by atoms with Crippen molar-refractivity contribution >= 4 is 17.8 Å². The van der Waals surface area contributed by atoms with Gasteiger partial charge in [0.05, 0.1) is 0 Å². The lowest BCUT2D eigenvalue weighted by Crippen LogP contribution is -2.47. The van der Waals surface area contributed by atoms with E-state index in [-0.39, 0.29) is 5.91 Å². The first-order valence-electron chi connectivity index (χ1n) is 8.16. The van der Waals surface area contributed by atoms with E-state index >= 15 is 0 Å². The third-order valence-corrected chi connectivity index (χ3v) is 3.81. The van der Waals surface area contributed by atoms with Gasteiger partial charge in [-0.15, -0.1) is 0 Å². The Labute approximate surface area is 141 Å². The summed E-state index contributed by atoms with van der Waals surface area (Å²) in [6.07, 6.45) is 6.02. The van der Waals surface area contributed by atoms with E-state index in [9.17, 15) is 4.79 Å². The van der Waals surface area contributed by atoms with Crippen molar-refractivity contribution in [1.82, 2.24) is 25.3 Å². The number of carbonyl (C=O) groups excluding carboxylic acids is 1. The topological polar surface area (TPSA) is 87.1 Å². The van der Waals surface area contributed by atoms with Gasteiger partial charge in [0.1, 0.15) is 5.69 Å². The summed E-state index contributed by atoms with van der Waals surface area (Å²) in [5.41, 5.74) is 0.405. The Balaban J connectivity index is 1.63. The minimum absolute atomic E-state index is 0.156. The fourth-order valence-electron chi connectivity index (χ4n) is 2.52. The second-order valence-electron chi connectivity index (χ2n) is 5.52. The van der Waals surface area contributed by atoms with Crippen LogP contribution >= 0.6 is 0 Å². The van der Waals surface area contributed by atoms with Crippen LogP contribution in [0, 0.1) is 0 Å². The van der Waals surface area contributed by atoms with Crippen LogP contribution in [-0.4, -0.2) is 58.6 Å². The van der Waals surface area contributed by atoms with E-state index in [1.807, 2.05) is 13.0 Å². The fraction of sp³-hybridized carbons (Fsp3) is 0.438. The van der Waals surface area contributed by atoms with E-state index in [4.69, 9.17) is 0 Å². The highest BCUT2D eigenvalue weighted by Crippen LogP contribution is 2.14. The molecule has 0 radical (unpaired) electrons. The average molecular weight is 327 g/mol. The SMILES string of the molecule is CCCNC(=O)c1ccnc(N2CCN(c3ncccn3)CC2)n1. The second-order valence-corrected chi connectivity index (χ2v) is 5.52. The lowest BCUT2D eigenvalue weighted by Gasteiger charge is -2.34. The maximum Gasteiger partial charge on any atom is 0.270 e. The van der Waals surface area contributed by atoms with E-state index in [0.29, 0.717) is 18.2 Å². The zero-order valence-corrected chi connectivity index (χ0v) is 13.7. The molecule has 3 heterocycles. The number of hydrogen-bond donors (Lipinski definition) is 1. The van der Waals surface area contributed by atoms with Gasteiger partial charge >= 0.3 is 0 Å². The van der Waals surface area contributed by atoms with Crippen LogP contribution in [0.2, 0.25) is 0 Å². The van der Waals surface area contributed by atoms with E-state index in [0.717, 1.165) is 38.5 Å². The van der Waals surface area contributed by atoms with Crippen molar-refractivity contribution < 1.29 is 4.79 Å². The highest BCUT2D eigenvalue weighted by Gasteiger charge is 2.21. The molecule has 1 N–H and O–H groups in total. The normalized spacial score (nSPS) is 14.5. The molecule has 3 rings (SSSR count). The van der Waals surface area contributed by atoms with E-state index in [1.165, 1.54) is 0 Å². The predicted octanol–water partition coefficient (Wildman–Crippen LogP) is 0.733. The molecule has 24 heavy (non-hydrogen) atoms. The Kier molecular flexibility index (Phi) is 5.15. The standard InChI is InChI=1S/C16H21N7O/c1-2-5-17-14(24)13-4-8-20-16(21-13)23-11-9-22(10-12-23)15-18-6-3-7-19-15/h3-4,6-8H,2,5,9-12H2,1H3,(H,17,24). The van der Waals surface area contributed by atoms with Gasteiger partial charge in [0, 0.05) is 51.3 Å². The molecule has 2 aromatic rings. The van der Waals surface area contributed by atoms with Crippen molar-refractivity contribution in [2.75, 3.05) is 42.5 Å². The summed E-state index contributed by atoms with van der Waals surface area (Å²) in [6, 6.07) is 3.45. The molecule has 2 aromatic heterocycles. The van der Waals surface area contributed by atoms with Crippen LogP contribution < -0.4 is 15.1 Å². The number of rotatable bonds is 5. The molecule has 0 atom stereocenters. The predicted molar refractivity (Wildman–Crippen MR) is 91.1 cm³/mol. The summed E-state index contributed by atoms with van der Waals surface area (Å²) >= 11 is 0. The second kappa shape index (κ2) is 7.67. The molecule has 0 saturated carbocycles. The molecule has 1 fully saturated rings. The molecule has 0 unspecified atom stereocenters. The maximum atomic E-state index is 12.0. The zero-order chi connectivity index (χ0) is 16.8. The number of nitrogens with one attached hydrogen (secondary N) is 1. The van der Waals surface area contributed by atoms with Gasteiger partial charge in [-0.05, 0) is 18.6 Å². The van der Waals surface area contributed by atoms with Gasteiger partial charge < -0.3 is 15.1 Å². The van der Waals surface area contributed by atoms with Crippen LogP contribution in [0.4, 0.5) is 11.9 Å². The third-order valence-electron chi connectivity index (χ3n) is 3.81. The van der Waals surface area contributed by atoms with Gasteiger partial charge in [0.15, 0.2) is 0 Å². The fourth-order valence-corrected chi connectivity index (χ4v) is 2.52. The van der Waals surface area contributed by atoms with Crippen molar-refractivity contribution in [3.05, 3.63) is 36.4 Å². The number of anilines is 2. The lowest BCUT2D eigenvalue weighted by molar-refractivity contribution is 0.0948. The Morgan fingerprint density at radius 3 is 2.33 bits per heavy atom. The first-order valence-corrected chi connectivity index (χ1v) is 8.16. The third kappa shape index (κ3) is 3.76. The average Bonchev–Trinajstić information content (AvgIpc) is 2.67. The van der Waals surface area contributed by atoms with E-state index < -0.39 is 0 Å². The summed E-state index contributed by atoms with van der Waals surface area (Å²) in [5.74, 6) is 1.18. The molecule has 0 aliphatic carbocycles. The number of carbonyl (C=O) groups is 1. The van der Waals surface area contributed by atoms with Gasteiger partial charge in [-0.1, -0.05) is 6.92 Å². The van der Waals surface area contributed by atoms with Crippen LogP contribution in [-0.2, 0) is 0 Å². The molecular weight excluding hydrogens is 306 g/mol. The largest absolute Gasteiger partial charge is 0.351 e. The summed E-state index contributed by atoms with van der Waals surface area (Å²) in [4.78, 5) is 33.5. The van der Waals surface area contributed by atoms with Crippen molar-refractivity contribution in [2.45, 2.75) is 13.3 Å². The molecule has 1 aliphatic rings. The summed E-state index contributed by atoms with van der Waals surface area (Å²) in [6.45, 7) is 5.77. The highest BCUT2D eigenvalue weighted by atomic mass is 16.1. The first kappa shape index (κ1) is 16.1. The number of hydrogen-bond acceptors (Lipinski definition) is 7. The number of nitrogens with zero attached hydrogens (tertiary/aromatic N) is 6. The Bertz CT molecular complexity index is 671. The number of amides is 1. The van der Waals surface area contributed by atoms with Gasteiger partial charge in [-0.25, -0.2) is 19.9 Å². The Hall–Kier alpha value is -2.77. The molecule has 8 nitrogen and oxygen atoms in total. The smallest absolute Gasteiger partial charge is 0.270 e. The van der Waals surface area contributed by atoms with Crippen molar-refractivity contribution in [1.29, 1.82) is 0 Å². The lowest BCUT2D eigenvalue weighted by atomic mass is 10.3. The Morgan fingerprint density at radius 2 is 1.67 bits per heavy atom. The van der Waals surface area contributed by atoms with Crippen molar-refractivity contribution in [3.63, 3.8) is 0 Å². The maximum absolute atomic E-state index is 12.0. The number of aromatic nitrogens is 4. The minimum Gasteiger partial charge on any atom is -0.351 e. The van der Waals surface area contributed by atoms with Crippen LogP contribution in [0.15, 0.2) is 30.7 Å². The molecule has 1 aliphatic heterocycles. The summed E-state index contributed by atoms with van der Waals surface area (Å²) in [7, 11) is 0. The molecule has 0 spiro atoms. The monoisotopic (exact) mass is 327 g/mol. The van der Waals surface area contributed by atoms with Gasteiger partial charge in [0.2, 0.25) is 11.9 Å². The van der Waals surface area contributed by atoms with Crippen molar-refractivity contribution in [3.8, 4) is 0 Å². The quantitative estimate of drug-likeness (QED) is 0.866. The Morgan fingerprint density at radius 1 is 1.04 bits per heavy atom. The van der Waals surface area contributed by atoms with E-state index in [2.05, 4.69) is 35.1 Å². The van der Waals surface area contributed by atoms with Crippen LogP contribution in [0.3, 0.4) is 0 Å². The molecular formula is C16H21N7O. The van der Waals surface area contributed by atoms with Gasteiger partial charge in [-0.3, -0.25) is 4.79 Å². The number of piperazine rings is 1. The summed E-state index contributed by atoms with van der Waals surface area (Å²) in [5, 5.41) is 2.83. The molecule has 0 bridgehead atoms.